The highest BCUT2D eigenvalue weighted by atomic mass is 127. The molecule has 124 valence electrons. The lowest BCUT2D eigenvalue weighted by Crippen LogP contribution is -2.17. The predicted molar refractivity (Wildman–Crippen MR) is 103 cm³/mol. The third kappa shape index (κ3) is 3.10. The molecule has 5 nitrogen and oxygen atoms in total. The molecule has 0 bridgehead atoms. The van der Waals surface area contributed by atoms with Crippen molar-refractivity contribution in [1.82, 2.24) is 9.97 Å². The zero-order valence-electron chi connectivity index (χ0n) is 13.3. The number of thiophene rings is 1. The number of aromatic amines is 1. The molecule has 0 radical (unpaired) electrons. The van der Waals surface area contributed by atoms with E-state index >= 15 is 0 Å². The van der Waals surface area contributed by atoms with Crippen LogP contribution in [0.3, 0.4) is 0 Å². The summed E-state index contributed by atoms with van der Waals surface area (Å²) in [6.45, 7) is 5.57. The second-order valence-electron chi connectivity index (χ2n) is 5.44. The van der Waals surface area contributed by atoms with E-state index in [2.05, 4.69) is 32.6 Å². The van der Waals surface area contributed by atoms with Crippen molar-refractivity contribution in [3.05, 3.63) is 60.0 Å². The average molecular weight is 454 g/mol. The van der Waals surface area contributed by atoms with Crippen LogP contribution in [0.25, 0.3) is 10.2 Å². The van der Waals surface area contributed by atoms with Gasteiger partial charge in [-0.1, -0.05) is 12.1 Å². The fourth-order valence-electron chi connectivity index (χ4n) is 2.37. The second-order valence-corrected chi connectivity index (χ2v) is 7.81. The van der Waals surface area contributed by atoms with Crippen LogP contribution in [-0.4, -0.2) is 15.9 Å². The molecule has 1 atom stereocenters. The number of esters is 1. The first-order valence-electron chi connectivity index (χ1n) is 7.34. The topological polar surface area (TPSA) is 72.0 Å². The number of halogens is 1. The van der Waals surface area contributed by atoms with Gasteiger partial charge in [0.1, 0.15) is 4.83 Å². The fourth-order valence-corrected chi connectivity index (χ4v) is 4.02. The summed E-state index contributed by atoms with van der Waals surface area (Å²) in [5.41, 5.74) is 1.24. The Morgan fingerprint density at radius 1 is 1.33 bits per heavy atom. The standard InChI is InChI=1S/C17H15IN2O3S/c1-8-10(3)24-16-13(8)15(21)19-14(20-16)9(2)23-17(22)11-6-4-5-7-12(11)18/h4-7,9H,1-3H3,(H,19,20,21). The van der Waals surface area contributed by atoms with Crippen LogP contribution in [0.4, 0.5) is 0 Å². The summed E-state index contributed by atoms with van der Waals surface area (Å²) < 4.78 is 6.29. The minimum atomic E-state index is -0.645. The number of hydrogen-bond acceptors (Lipinski definition) is 5. The molecule has 0 spiro atoms. The fraction of sp³-hybridized carbons (Fsp3) is 0.235. The van der Waals surface area contributed by atoms with Gasteiger partial charge in [0.05, 0.1) is 10.9 Å². The van der Waals surface area contributed by atoms with Crippen LogP contribution in [0, 0.1) is 17.4 Å². The summed E-state index contributed by atoms with van der Waals surface area (Å²) in [4.78, 5) is 33.6. The summed E-state index contributed by atoms with van der Waals surface area (Å²) in [5.74, 6) is -0.0816. The Labute approximate surface area is 156 Å². The van der Waals surface area contributed by atoms with E-state index in [4.69, 9.17) is 4.74 Å². The molecule has 7 heteroatoms. The Kier molecular flexibility index (Phi) is 4.73. The molecule has 2 heterocycles. The van der Waals surface area contributed by atoms with Crippen molar-refractivity contribution in [1.29, 1.82) is 0 Å². The van der Waals surface area contributed by atoms with E-state index in [0.29, 0.717) is 21.6 Å². The Balaban J connectivity index is 1.92. The number of ether oxygens (including phenoxy) is 1. The summed E-state index contributed by atoms with van der Waals surface area (Å²) in [6, 6.07) is 7.19. The molecule has 2 aromatic heterocycles. The van der Waals surface area contributed by atoms with Gasteiger partial charge in [-0.05, 0) is 61.1 Å². The van der Waals surface area contributed by atoms with E-state index in [1.165, 1.54) is 11.3 Å². The van der Waals surface area contributed by atoms with Crippen molar-refractivity contribution < 1.29 is 9.53 Å². The smallest absolute Gasteiger partial charge is 0.339 e. The average Bonchev–Trinajstić information content (AvgIpc) is 2.82. The normalized spacial score (nSPS) is 12.3. The molecular formula is C17H15IN2O3S. The monoisotopic (exact) mass is 454 g/mol. The Bertz CT molecular complexity index is 993. The molecule has 1 N–H and O–H groups in total. The van der Waals surface area contributed by atoms with Crippen LogP contribution in [0.5, 0.6) is 0 Å². The quantitative estimate of drug-likeness (QED) is 0.478. The number of fused-ring (bicyclic) bond motifs is 1. The van der Waals surface area contributed by atoms with Gasteiger partial charge in [0, 0.05) is 8.45 Å². The maximum absolute atomic E-state index is 12.3. The molecule has 0 saturated heterocycles. The lowest BCUT2D eigenvalue weighted by atomic mass is 10.2. The Morgan fingerprint density at radius 3 is 2.75 bits per heavy atom. The van der Waals surface area contributed by atoms with Gasteiger partial charge in [-0.15, -0.1) is 11.3 Å². The van der Waals surface area contributed by atoms with E-state index < -0.39 is 12.1 Å². The third-order valence-electron chi connectivity index (χ3n) is 3.82. The van der Waals surface area contributed by atoms with E-state index in [-0.39, 0.29) is 5.56 Å². The van der Waals surface area contributed by atoms with E-state index in [1.54, 1.807) is 19.1 Å². The van der Waals surface area contributed by atoms with Crippen molar-refractivity contribution in [2.45, 2.75) is 26.9 Å². The molecular weight excluding hydrogens is 439 g/mol. The number of nitrogens with zero attached hydrogens (tertiary/aromatic N) is 1. The summed E-state index contributed by atoms with van der Waals surface area (Å²) in [7, 11) is 0. The zero-order chi connectivity index (χ0) is 17.4. The number of carbonyl (C=O) groups excluding carboxylic acids is 1. The van der Waals surface area contributed by atoms with Crippen molar-refractivity contribution >= 4 is 50.1 Å². The number of aryl methyl sites for hydroxylation is 2. The number of nitrogens with one attached hydrogen (secondary N) is 1. The van der Waals surface area contributed by atoms with Gasteiger partial charge in [-0.2, -0.15) is 0 Å². The molecule has 0 amide bonds. The molecule has 0 aliphatic rings. The van der Waals surface area contributed by atoms with Gasteiger partial charge in [0.2, 0.25) is 0 Å². The van der Waals surface area contributed by atoms with Crippen LogP contribution >= 0.6 is 33.9 Å². The summed E-state index contributed by atoms with van der Waals surface area (Å²) in [5, 5.41) is 0.609. The highest BCUT2D eigenvalue weighted by Crippen LogP contribution is 2.27. The number of benzene rings is 1. The van der Waals surface area contributed by atoms with Gasteiger partial charge in [-0.3, -0.25) is 4.79 Å². The number of carbonyl (C=O) groups is 1. The van der Waals surface area contributed by atoms with Crippen LogP contribution in [0.1, 0.15) is 39.7 Å². The number of rotatable bonds is 3. The Hall–Kier alpha value is -1.74. The molecule has 1 aromatic carbocycles. The van der Waals surface area contributed by atoms with E-state index in [0.717, 1.165) is 14.0 Å². The maximum atomic E-state index is 12.3. The SMILES string of the molecule is Cc1sc2nc(C(C)OC(=O)c3ccccc3I)[nH]c(=O)c2c1C. The largest absolute Gasteiger partial charge is 0.451 e. The first-order valence-corrected chi connectivity index (χ1v) is 9.23. The van der Waals surface area contributed by atoms with Crippen molar-refractivity contribution in [3.8, 4) is 0 Å². The third-order valence-corrected chi connectivity index (χ3v) is 5.86. The first kappa shape index (κ1) is 17.1. The van der Waals surface area contributed by atoms with Crippen LogP contribution < -0.4 is 5.56 Å². The lowest BCUT2D eigenvalue weighted by molar-refractivity contribution is 0.0319. The molecule has 24 heavy (non-hydrogen) atoms. The van der Waals surface area contributed by atoms with Crippen molar-refractivity contribution in [2.24, 2.45) is 0 Å². The molecule has 0 fully saturated rings. The number of hydrogen-bond donors (Lipinski definition) is 1. The van der Waals surface area contributed by atoms with Gasteiger partial charge in [-0.25, -0.2) is 9.78 Å². The van der Waals surface area contributed by atoms with Crippen molar-refractivity contribution in [2.75, 3.05) is 0 Å². The number of H-pyrrole nitrogens is 1. The van der Waals surface area contributed by atoms with Crippen LogP contribution in [0.15, 0.2) is 29.1 Å². The van der Waals surface area contributed by atoms with Crippen LogP contribution in [-0.2, 0) is 4.74 Å². The van der Waals surface area contributed by atoms with Crippen molar-refractivity contribution in [3.63, 3.8) is 0 Å². The van der Waals surface area contributed by atoms with E-state index in [1.807, 2.05) is 26.0 Å². The highest BCUT2D eigenvalue weighted by molar-refractivity contribution is 14.1. The van der Waals surface area contributed by atoms with Crippen LogP contribution in [0.2, 0.25) is 0 Å². The maximum Gasteiger partial charge on any atom is 0.339 e. The Morgan fingerprint density at radius 2 is 2.04 bits per heavy atom. The van der Waals surface area contributed by atoms with E-state index in [9.17, 15) is 9.59 Å². The molecule has 3 rings (SSSR count). The van der Waals surface area contributed by atoms with Gasteiger partial charge < -0.3 is 9.72 Å². The molecule has 0 saturated carbocycles. The first-order chi connectivity index (χ1) is 11.4. The summed E-state index contributed by atoms with van der Waals surface area (Å²) in [6.07, 6.45) is -0.645. The summed E-state index contributed by atoms with van der Waals surface area (Å²) >= 11 is 3.56. The molecule has 0 aliphatic heterocycles. The number of aromatic nitrogens is 2. The second kappa shape index (κ2) is 6.64. The minimum Gasteiger partial charge on any atom is -0.451 e. The lowest BCUT2D eigenvalue weighted by Gasteiger charge is -2.13. The zero-order valence-corrected chi connectivity index (χ0v) is 16.3. The van der Waals surface area contributed by atoms with Gasteiger partial charge in [0.25, 0.3) is 5.56 Å². The molecule has 0 aliphatic carbocycles. The van der Waals surface area contributed by atoms with Gasteiger partial charge >= 0.3 is 5.97 Å². The molecule has 1 unspecified atom stereocenters. The molecule has 3 aromatic rings. The highest BCUT2D eigenvalue weighted by Gasteiger charge is 2.20. The predicted octanol–water partition coefficient (Wildman–Crippen LogP) is 4.12. The van der Waals surface area contributed by atoms with Gasteiger partial charge in [0.15, 0.2) is 11.9 Å². The minimum absolute atomic E-state index is 0.200.